The third-order valence-corrected chi connectivity index (χ3v) is 6.88. The third kappa shape index (κ3) is 4.26. The highest BCUT2D eigenvalue weighted by Crippen LogP contribution is 2.47. The standard InChI is InChI=1S/C17H21F3N6O2S2/c1-9-8-16(3,4)26(5)14-7-13(25-30(27,28)17(18,19)20)12(6-11(9)14)22-24-15-23-21-10(2)29-15/h6-7,9,25H,8H2,1-5H3. The van der Waals surface area contributed by atoms with E-state index in [2.05, 4.69) is 20.4 Å². The molecule has 0 amide bonds. The number of fused-ring (bicyclic) bond motifs is 1. The maximum Gasteiger partial charge on any atom is 0.516 e. The number of aromatic nitrogens is 2. The first-order valence-electron chi connectivity index (χ1n) is 8.94. The van der Waals surface area contributed by atoms with E-state index in [1.165, 1.54) is 6.07 Å². The second-order valence-electron chi connectivity index (χ2n) is 7.76. The van der Waals surface area contributed by atoms with Crippen LogP contribution >= 0.6 is 11.3 Å². The van der Waals surface area contributed by atoms with Crippen LogP contribution in [0.1, 0.15) is 43.7 Å². The highest BCUT2D eigenvalue weighted by Gasteiger charge is 2.46. The van der Waals surface area contributed by atoms with Crippen molar-refractivity contribution in [2.24, 2.45) is 10.2 Å². The maximum absolute atomic E-state index is 13.0. The van der Waals surface area contributed by atoms with Crippen LogP contribution in [0.15, 0.2) is 22.4 Å². The Balaban J connectivity index is 2.14. The molecule has 0 saturated heterocycles. The molecule has 1 N–H and O–H groups in total. The van der Waals surface area contributed by atoms with Crippen molar-refractivity contribution >= 4 is 43.6 Å². The topological polar surface area (TPSA) is 99.9 Å². The van der Waals surface area contributed by atoms with E-state index in [0.717, 1.165) is 23.3 Å². The van der Waals surface area contributed by atoms with Crippen LogP contribution < -0.4 is 9.62 Å². The van der Waals surface area contributed by atoms with Crippen LogP contribution in [0.5, 0.6) is 0 Å². The Morgan fingerprint density at radius 2 is 1.93 bits per heavy atom. The van der Waals surface area contributed by atoms with Crippen molar-refractivity contribution in [3.05, 3.63) is 22.7 Å². The van der Waals surface area contributed by atoms with Crippen LogP contribution in [-0.4, -0.2) is 36.7 Å². The normalized spacial score (nSPS) is 19.2. The molecule has 1 aliphatic heterocycles. The summed E-state index contributed by atoms with van der Waals surface area (Å²) in [5, 5.41) is 16.3. The molecule has 1 unspecified atom stereocenters. The SMILES string of the molecule is Cc1nnc(N=Nc2cc3c(cc2NS(=O)(=O)C(F)(F)F)N(C)C(C)(C)CC3C)s1. The Labute approximate surface area is 176 Å². The predicted molar refractivity (Wildman–Crippen MR) is 109 cm³/mol. The monoisotopic (exact) mass is 462 g/mol. The van der Waals surface area contributed by atoms with E-state index >= 15 is 0 Å². The van der Waals surface area contributed by atoms with Gasteiger partial charge in [0.25, 0.3) is 5.13 Å². The van der Waals surface area contributed by atoms with Crippen molar-refractivity contribution in [2.75, 3.05) is 16.7 Å². The van der Waals surface area contributed by atoms with Crippen LogP contribution in [0.2, 0.25) is 0 Å². The number of aryl methyl sites for hydroxylation is 1. The average molecular weight is 463 g/mol. The van der Waals surface area contributed by atoms with Gasteiger partial charge in [0.05, 0.1) is 5.69 Å². The maximum atomic E-state index is 13.0. The molecule has 0 radical (unpaired) electrons. The number of nitrogens with one attached hydrogen (secondary N) is 1. The number of nitrogens with zero attached hydrogens (tertiary/aromatic N) is 5. The van der Waals surface area contributed by atoms with Gasteiger partial charge in [-0.15, -0.1) is 20.4 Å². The van der Waals surface area contributed by atoms with Gasteiger partial charge in [0.2, 0.25) is 0 Å². The molecule has 8 nitrogen and oxygen atoms in total. The summed E-state index contributed by atoms with van der Waals surface area (Å²) in [6.45, 7) is 7.74. The second-order valence-corrected chi connectivity index (χ2v) is 10.6. The number of azo groups is 1. The van der Waals surface area contributed by atoms with Crippen LogP contribution in [-0.2, 0) is 10.0 Å². The lowest BCUT2D eigenvalue weighted by molar-refractivity contribution is -0.0429. The van der Waals surface area contributed by atoms with Crippen molar-refractivity contribution in [3.8, 4) is 0 Å². The molecular weight excluding hydrogens is 441 g/mol. The Hall–Kier alpha value is -2.28. The summed E-state index contributed by atoms with van der Waals surface area (Å²) in [7, 11) is -3.82. The van der Waals surface area contributed by atoms with Gasteiger partial charge >= 0.3 is 15.5 Å². The molecule has 13 heteroatoms. The number of benzene rings is 1. The molecule has 0 aliphatic carbocycles. The number of halogens is 3. The molecule has 1 aromatic heterocycles. The Bertz CT molecular complexity index is 1100. The van der Waals surface area contributed by atoms with Crippen molar-refractivity contribution in [3.63, 3.8) is 0 Å². The van der Waals surface area contributed by atoms with Gasteiger partial charge in [-0.3, -0.25) is 4.72 Å². The molecule has 164 valence electrons. The number of alkyl halides is 3. The minimum Gasteiger partial charge on any atom is -0.369 e. The first-order valence-corrected chi connectivity index (χ1v) is 11.2. The Morgan fingerprint density at radius 3 is 2.50 bits per heavy atom. The lowest BCUT2D eigenvalue weighted by Crippen LogP contribution is -2.45. The van der Waals surface area contributed by atoms with Crippen molar-refractivity contribution in [1.29, 1.82) is 0 Å². The number of hydrogen-bond acceptors (Lipinski definition) is 8. The Kier molecular flexibility index (Phi) is 5.56. The fourth-order valence-corrected chi connectivity index (χ4v) is 4.47. The van der Waals surface area contributed by atoms with E-state index in [9.17, 15) is 21.6 Å². The van der Waals surface area contributed by atoms with Gasteiger partial charge in [-0.25, -0.2) is 0 Å². The zero-order valence-corrected chi connectivity index (χ0v) is 18.6. The Morgan fingerprint density at radius 1 is 1.27 bits per heavy atom. The fourth-order valence-electron chi connectivity index (χ4n) is 3.39. The second kappa shape index (κ2) is 7.45. The number of anilines is 2. The van der Waals surface area contributed by atoms with Gasteiger partial charge in [-0.05, 0) is 50.8 Å². The summed E-state index contributed by atoms with van der Waals surface area (Å²) in [6, 6.07) is 2.94. The highest BCUT2D eigenvalue weighted by molar-refractivity contribution is 7.93. The summed E-state index contributed by atoms with van der Waals surface area (Å²) in [5.74, 6) is 0.0807. The molecule has 1 atom stereocenters. The predicted octanol–water partition coefficient (Wildman–Crippen LogP) is 5.25. The van der Waals surface area contributed by atoms with Gasteiger partial charge < -0.3 is 4.90 Å². The van der Waals surface area contributed by atoms with E-state index in [0.29, 0.717) is 10.7 Å². The van der Waals surface area contributed by atoms with Crippen LogP contribution in [0.25, 0.3) is 0 Å². The zero-order chi connectivity index (χ0) is 22.5. The quantitative estimate of drug-likeness (QED) is 0.626. The largest absolute Gasteiger partial charge is 0.516 e. The lowest BCUT2D eigenvalue weighted by atomic mass is 9.80. The smallest absolute Gasteiger partial charge is 0.369 e. The third-order valence-electron chi connectivity index (χ3n) is 5.06. The van der Waals surface area contributed by atoms with Crippen LogP contribution in [0.4, 0.5) is 35.4 Å². The molecule has 2 heterocycles. The lowest BCUT2D eigenvalue weighted by Gasteiger charge is -2.45. The average Bonchev–Trinajstić information content (AvgIpc) is 3.02. The van der Waals surface area contributed by atoms with Gasteiger partial charge in [0.15, 0.2) is 0 Å². The van der Waals surface area contributed by atoms with Crippen LogP contribution in [0.3, 0.4) is 0 Å². The zero-order valence-electron chi connectivity index (χ0n) is 16.9. The summed E-state index contributed by atoms with van der Waals surface area (Å²) in [5.41, 5.74) is -4.60. The van der Waals surface area contributed by atoms with Crippen LogP contribution in [0, 0.1) is 6.92 Å². The number of sulfonamides is 1. The number of hydrogen-bond donors (Lipinski definition) is 1. The molecule has 3 rings (SSSR count). The summed E-state index contributed by atoms with van der Waals surface area (Å²) >= 11 is 1.15. The fraction of sp³-hybridized carbons (Fsp3) is 0.529. The summed E-state index contributed by atoms with van der Waals surface area (Å²) in [4.78, 5) is 1.92. The van der Waals surface area contributed by atoms with E-state index in [1.54, 1.807) is 17.7 Å². The molecule has 0 bridgehead atoms. The summed E-state index contributed by atoms with van der Waals surface area (Å²) < 4.78 is 64.0. The van der Waals surface area contributed by atoms with Crippen molar-refractivity contribution in [2.45, 2.75) is 51.1 Å². The van der Waals surface area contributed by atoms with Gasteiger partial charge in [-0.1, -0.05) is 18.3 Å². The highest BCUT2D eigenvalue weighted by atomic mass is 32.2. The van der Waals surface area contributed by atoms with Crippen molar-refractivity contribution in [1.82, 2.24) is 10.2 Å². The molecule has 0 spiro atoms. The van der Waals surface area contributed by atoms with Crippen molar-refractivity contribution < 1.29 is 21.6 Å². The minimum absolute atomic E-state index is 0.0330. The van der Waals surface area contributed by atoms with E-state index in [4.69, 9.17) is 0 Å². The molecule has 1 aliphatic rings. The minimum atomic E-state index is -5.63. The molecule has 2 aromatic rings. The number of rotatable bonds is 4. The molecule has 0 fully saturated rings. The first-order chi connectivity index (χ1) is 13.7. The molecular formula is C17H21F3N6O2S2. The first kappa shape index (κ1) is 22.4. The van der Waals surface area contributed by atoms with E-state index in [1.807, 2.05) is 32.7 Å². The molecule has 0 saturated carbocycles. The van der Waals surface area contributed by atoms with E-state index in [-0.39, 0.29) is 28.0 Å². The van der Waals surface area contributed by atoms with Gasteiger partial charge in [0.1, 0.15) is 10.7 Å². The summed E-state index contributed by atoms with van der Waals surface area (Å²) in [6.07, 6.45) is 0.802. The van der Waals surface area contributed by atoms with E-state index < -0.39 is 15.5 Å². The molecule has 1 aromatic carbocycles. The molecule has 30 heavy (non-hydrogen) atoms. The van der Waals surface area contributed by atoms with Gasteiger partial charge in [0, 0.05) is 18.3 Å². The van der Waals surface area contributed by atoms with Gasteiger partial charge in [-0.2, -0.15) is 21.6 Å².